The van der Waals surface area contributed by atoms with Crippen LogP contribution in [0.3, 0.4) is 0 Å². The number of amides is 1. The molecule has 0 saturated heterocycles. The van der Waals surface area contributed by atoms with Crippen molar-refractivity contribution in [2.24, 2.45) is 0 Å². The highest BCUT2D eigenvalue weighted by molar-refractivity contribution is 6.32. The highest BCUT2D eigenvalue weighted by Gasteiger charge is 2.17. The summed E-state index contributed by atoms with van der Waals surface area (Å²) in [6.07, 6.45) is -0.0512. The zero-order chi connectivity index (χ0) is 17.0. The van der Waals surface area contributed by atoms with E-state index >= 15 is 0 Å². The predicted octanol–water partition coefficient (Wildman–Crippen LogP) is 4.29. The summed E-state index contributed by atoms with van der Waals surface area (Å²) in [7, 11) is 0. The second-order valence-electron chi connectivity index (χ2n) is 5.04. The third-order valence-electron chi connectivity index (χ3n) is 2.90. The quantitative estimate of drug-likeness (QED) is 0.653. The Balaban J connectivity index is 2.26. The molecule has 0 fully saturated rings. The van der Waals surface area contributed by atoms with Crippen molar-refractivity contribution in [2.45, 2.75) is 20.0 Å². The highest BCUT2D eigenvalue weighted by Crippen LogP contribution is 2.28. The molecule has 0 saturated carbocycles. The van der Waals surface area contributed by atoms with Crippen LogP contribution in [-0.4, -0.2) is 16.9 Å². The maximum atomic E-state index is 12.3. The topological polar surface area (TPSA) is 81.5 Å². The Morgan fingerprint density at radius 3 is 2.61 bits per heavy atom. The van der Waals surface area contributed by atoms with Gasteiger partial charge < -0.3 is 10.1 Å². The lowest BCUT2D eigenvalue weighted by molar-refractivity contribution is -0.384. The molecule has 0 unspecified atom stereocenters. The SMILES string of the molecule is CC(C)Oc1ccccc1NC(=O)c1ccc(Cl)c([N+](=O)[O-])c1. The van der Waals surface area contributed by atoms with Crippen molar-refractivity contribution >= 4 is 28.9 Å². The monoisotopic (exact) mass is 334 g/mol. The van der Waals surface area contributed by atoms with Crippen LogP contribution in [0.15, 0.2) is 42.5 Å². The highest BCUT2D eigenvalue weighted by atomic mass is 35.5. The molecule has 0 aromatic heterocycles. The van der Waals surface area contributed by atoms with Gasteiger partial charge in [-0.3, -0.25) is 14.9 Å². The Labute approximate surface area is 138 Å². The lowest BCUT2D eigenvalue weighted by Crippen LogP contribution is -2.14. The maximum absolute atomic E-state index is 12.3. The summed E-state index contributed by atoms with van der Waals surface area (Å²) >= 11 is 5.75. The molecule has 0 radical (unpaired) electrons. The fraction of sp³-hybridized carbons (Fsp3) is 0.188. The third kappa shape index (κ3) is 4.20. The van der Waals surface area contributed by atoms with Crippen molar-refractivity contribution in [3.63, 3.8) is 0 Å². The smallest absolute Gasteiger partial charge is 0.288 e. The largest absolute Gasteiger partial charge is 0.489 e. The molecule has 1 amide bonds. The molecular weight excluding hydrogens is 320 g/mol. The number of ether oxygens (including phenoxy) is 1. The minimum Gasteiger partial charge on any atom is -0.489 e. The number of nitrogens with zero attached hydrogens (tertiary/aromatic N) is 1. The molecule has 0 atom stereocenters. The maximum Gasteiger partial charge on any atom is 0.288 e. The van der Waals surface area contributed by atoms with Crippen LogP contribution >= 0.6 is 11.6 Å². The van der Waals surface area contributed by atoms with Crippen molar-refractivity contribution in [3.05, 3.63) is 63.2 Å². The van der Waals surface area contributed by atoms with Gasteiger partial charge in [0.15, 0.2) is 0 Å². The third-order valence-corrected chi connectivity index (χ3v) is 3.22. The van der Waals surface area contributed by atoms with Crippen LogP contribution in [0.4, 0.5) is 11.4 Å². The van der Waals surface area contributed by atoms with Crippen LogP contribution in [0.25, 0.3) is 0 Å². The first kappa shape index (κ1) is 16.8. The van der Waals surface area contributed by atoms with Crippen molar-refractivity contribution in [1.82, 2.24) is 0 Å². The van der Waals surface area contributed by atoms with E-state index in [1.165, 1.54) is 12.1 Å². The summed E-state index contributed by atoms with van der Waals surface area (Å²) in [4.78, 5) is 22.6. The molecule has 0 aliphatic heterocycles. The normalized spacial score (nSPS) is 10.4. The first-order valence-electron chi connectivity index (χ1n) is 6.89. The fourth-order valence-corrected chi connectivity index (χ4v) is 2.10. The average molecular weight is 335 g/mol. The number of nitro groups is 1. The summed E-state index contributed by atoms with van der Waals surface area (Å²) in [5.41, 5.74) is 0.315. The van der Waals surface area contributed by atoms with E-state index in [1.54, 1.807) is 24.3 Å². The molecule has 1 N–H and O–H groups in total. The van der Waals surface area contributed by atoms with Gasteiger partial charge in [0.2, 0.25) is 0 Å². The lowest BCUT2D eigenvalue weighted by Gasteiger charge is -2.14. The van der Waals surface area contributed by atoms with E-state index in [4.69, 9.17) is 16.3 Å². The van der Waals surface area contributed by atoms with Gasteiger partial charge in [0.25, 0.3) is 11.6 Å². The van der Waals surface area contributed by atoms with Gasteiger partial charge in [0.05, 0.1) is 16.7 Å². The van der Waals surface area contributed by atoms with Crippen LogP contribution in [-0.2, 0) is 0 Å². The minimum atomic E-state index is -0.630. The molecule has 0 aliphatic carbocycles. The van der Waals surface area contributed by atoms with E-state index in [9.17, 15) is 14.9 Å². The molecule has 7 heteroatoms. The van der Waals surface area contributed by atoms with Gasteiger partial charge in [-0.25, -0.2) is 0 Å². The molecule has 2 aromatic carbocycles. The van der Waals surface area contributed by atoms with Gasteiger partial charge in [0, 0.05) is 11.6 Å². The van der Waals surface area contributed by atoms with Gasteiger partial charge in [-0.15, -0.1) is 0 Å². The summed E-state index contributed by atoms with van der Waals surface area (Å²) in [6, 6.07) is 10.9. The van der Waals surface area contributed by atoms with E-state index in [0.29, 0.717) is 11.4 Å². The molecule has 0 spiro atoms. The molecule has 0 heterocycles. The Kier molecular flexibility index (Phi) is 5.18. The number of hydrogen-bond donors (Lipinski definition) is 1. The number of nitro benzene ring substituents is 1. The zero-order valence-corrected chi connectivity index (χ0v) is 13.3. The molecule has 6 nitrogen and oxygen atoms in total. The lowest BCUT2D eigenvalue weighted by atomic mass is 10.2. The van der Waals surface area contributed by atoms with Crippen LogP contribution in [0.5, 0.6) is 5.75 Å². The Morgan fingerprint density at radius 2 is 1.96 bits per heavy atom. The Bertz CT molecular complexity index is 747. The van der Waals surface area contributed by atoms with Gasteiger partial charge in [0.1, 0.15) is 10.8 Å². The number of carbonyl (C=O) groups excluding carboxylic acids is 1. The van der Waals surface area contributed by atoms with Crippen molar-refractivity contribution < 1.29 is 14.5 Å². The number of anilines is 1. The molecule has 120 valence electrons. The molecule has 0 aliphatic rings. The van der Waals surface area contributed by atoms with E-state index in [-0.39, 0.29) is 22.4 Å². The van der Waals surface area contributed by atoms with Crippen molar-refractivity contribution in [3.8, 4) is 5.75 Å². The summed E-state index contributed by atoms with van der Waals surface area (Å²) in [6.45, 7) is 3.75. The Morgan fingerprint density at radius 1 is 1.26 bits per heavy atom. The number of nitrogens with one attached hydrogen (secondary N) is 1. The van der Waals surface area contributed by atoms with Gasteiger partial charge in [-0.2, -0.15) is 0 Å². The van der Waals surface area contributed by atoms with Crippen LogP contribution in [0.2, 0.25) is 5.02 Å². The molecule has 0 bridgehead atoms. The van der Waals surface area contributed by atoms with Crippen LogP contribution < -0.4 is 10.1 Å². The van der Waals surface area contributed by atoms with Crippen LogP contribution in [0.1, 0.15) is 24.2 Å². The number of benzene rings is 2. The van der Waals surface area contributed by atoms with Crippen LogP contribution in [0, 0.1) is 10.1 Å². The summed E-state index contributed by atoms with van der Waals surface area (Å²) in [5, 5.41) is 13.6. The number of para-hydroxylation sites is 2. The fourth-order valence-electron chi connectivity index (χ4n) is 1.91. The first-order chi connectivity index (χ1) is 10.9. The number of hydrogen-bond acceptors (Lipinski definition) is 4. The summed E-state index contributed by atoms with van der Waals surface area (Å²) in [5.74, 6) is 0.0453. The second-order valence-corrected chi connectivity index (χ2v) is 5.45. The van der Waals surface area contributed by atoms with E-state index in [2.05, 4.69) is 5.32 Å². The van der Waals surface area contributed by atoms with Crippen molar-refractivity contribution in [1.29, 1.82) is 0 Å². The molecule has 2 aromatic rings. The number of halogens is 1. The van der Waals surface area contributed by atoms with E-state index in [1.807, 2.05) is 13.8 Å². The average Bonchev–Trinajstić information content (AvgIpc) is 2.48. The zero-order valence-electron chi connectivity index (χ0n) is 12.6. The summed E-state index contributed by atoms with van der Waals surface area (Å²) < 4.78 is 5.62. The van der Waals surface area contributed by atoms with Crippen molar-refractivity contribution in [2.75, 3.05) is 5.32 Å². The first-order valence-corrected chi connectivity index (χ1v) is 7.27. The molecule has 2 rings (SSSR count). The second kappa shape index (κ2) is 7.11. The van der Waals surface area contributed by atoms with Gasteiger partial charge in [-0.1, -0.05) is 23.7 Å². The minimum absolute atomic E-state index is 0.0184. The number of carbonyl (C=O) groups is 1. The van der Waals surface area contributed by atoms with Gasteiger partial charge >= 0.3 is 0 Å². The predicted molar refractivity (Wildman–Crippen MR) is 88.3 cm³/mol. The van der Waals surface area contributed by atoms with Gasteiger partial charge in [-0.05, 0) is 38.1 Å². The number of rotatable bonds is 5. The molecule has 23 heavy (non-hydrogen) atoms. The Hall–Kier alpha value is -2.60. The van der Waals surface area contributed by atoms with E-state index in [0.717, 1.165) is 6.07 Å². The standard InChI is InChI=1S/C16H15ClN2O4/c1-10(2)23-15-6-4-3-5-13(15)18-16(20)11-7-8-12(17)14(9-11)19(21)22/h3-10H,1-2H3,(H,18,20). The van der Waals surface area contributed by atoms with E-state index < -0.39 is 10.8 Å². The molecular formula is C16H15ClN2O4.